The van der Waals surface area contributed by atoms with E-state index in [0.29, 0.717) is 31.3 Å². The van der Waals surface area contributed by atoms with Gasteiger partial charge in [-0.15, -0.1) is 0 Å². The molecule has 1 saturated heterocycles. The first-order chi connectivity index (χ1) is 12.7. The van der Waals surface area contributed by atoms with E-state index in [0.717, 1.165) is 37.5 Å². The summed E-state index contributed by atoms with van der Waals surface area (Å²) in [4.78, 5) is 20.6. The van der Waals surface area contributed by atoms with Gasteiger partial charge in [0.15, 0.2) is 0 Å². The lowest BCUT2D eigenvalue weighted by Crippen LogP contribution is -2.49. The molecule has 0 atom stereocenters. The van der Waals surface area contributed by atoms with Crippen LogP contribution in [0.25, 0.3) is 11.4 Å². The highest BCUT2D eigenvalue weighted by atomic mass is 16.5. The van der Waals surface area contributed by atoms with Gasteiger partial charge in [0.25, 0.3) is 0 Å². The van der Waals surface area contributed by atoms with Gasteiger partial charge in [0.2, 0.25) is 17.6 Å². The third-order valence-corrected chi connectivity index (χ3v) is 4.38. The number of hydrogen-bond acceptors (Lipinski definition) is 7. The molecule has 1 aromatic heterocycles. The number of nitrogens with zero attached hydrogens (tertiary/aromatic N) is 4. The molecule has 140 valence electrons. The Morgan fingerprint density at radius 3 is 2.54 bits per heavy atom. The number of hydrogen-bond donors (Lipinski definition) is 1. The van der Waals surface area contributed by atoms with Crippen LogP contribution in [0.3, 0.4) is 0 Å². The van der Waals surface area contributed by atoms with Crippen LogP contribution < -0.4 is 10.1 Å². The SMILES string of the molecule is CCNC(=O)CN1CCN(Cc2nc(-c3ccc(OC)cc3)no2)CC1. The lowest BCUT2D eigenvalue weighted by atomic mass is 10.2. The molecule has 0 radical (unpaired) electrons. The number of rotatable bonds is 7. The van der Waals surface area contributed by atoms with Gasteiger partial charge in [0.05, 0.1) is 20.2 Å². The Kier molecular flexibility index (Phi) is 6.19. The van der Waals surface area contributed by atoms with Crippen molar-refractivity contribution in [3.63, 3.8) is 0 Å². The van der Waals surface area contributed by atoms with E-state index < -0.39 is 0 Å². The number of nitrogens with one attached hydrogen (secondary N) is 1. The smallest absolute Gasteiger partial charge is 0.241 e. The van der Waals surface area contributed by atoms with Crippen LogP contribution in [0.5, 0.6) is 5.75 Å². The fourth-order valence-corrected chi connectivity index (χ4v) is 2.93. The first kappa shape index (κ1) is 18.3. The Balaban J connectivity index is 1.50. The van der Waals surface area contributed by atoms with Gasteiger partial charge in [-0.3, -0.25) is 14.6 Å². The van der Waals surface area contributed by atoms with Crippen LogP contribution in [0.15, 0.2) is 28.8 Å². The molecule has 1 amide bonds. The van der Waals surface area contributed by atoms with Crippen LogP contribution in [0.1, 0.15) is 12.8 Å². The molecule has 8 nitrogen and oxygen atoms in total. The Hall–Kier alpha value is -2.45. The Labute approximate surface area is 153 Å². The second-order valence-corrected chi connectivity index (χ2v) is 6.25. The van der Waals surface area contributed by atoms with Gasteiger partial charge in [-0.2, -0.15) is 4.98 Å². The summed E-state index contributed by atoms with van der Waals surface area (Å²) in [5.41, 5.74) is 0.896. The Morgan fingerprint density at radius 1 is 1.19 bits per heavy atom. The average molecular weight is 359 g/mol. The minimum absolute atomic E-state index is 0.0852. The van der Waals surface area contributed by atoms with E-state index in [2.05, 4.69) is 25.3 Å². The van der Waals surface area contributed by atoms with Crippen molar-refractivity contribution in [3.05, 3.63) is 30.2 Å². The zero-order valence-corrected chi connectivity index (χ0v) is 15.3. The van der Waals surface area contributed by atoms with Crippen molar-refractivity contribution in [2.24, 2.45) is 0 Å². The van der Waals surface area contributed by atoms with Crippen molar-refractivity contribution in [1.29, 1.82) is 0 Å². The quantitative estimate of drug-likeness (QED) is 0.789. The molecule has 26 heavy (non-hydrogen) atoms. The van der Waals surface area contributed by atoms with Crippen molar-refractivity contribution >= 4 is 5.91 Å². The van der Waals surface area contributed by atoms with Gasteiger partial charge < -0.3 is 14.6 Å². The largest absolute Gasteiger partial charge is 0.497 e. The van der Waals surface area contributed by atoms with E-state index in [1.54, 1.807) is 7.11 Å². The van der Waals surface area contributed by atoms with Crippen molar-refractivity contribution in [2.45, 2.75) is 13.5 Å². The van der Waals surface area contributed by atoms with E-state index in [9.17, 15) is 4.79 Å². The van der Waals surface area contributed by atoms with Crippen molar-refractivity contribution in [3.8, 4) is 17.1 Å². The minimum atomic E-state index is 0.0852. The zero-order chi connectivity index (χ0) is 18.4. The standard InChI is InChI=1S/C18H25N5O3/c1-3-19-16(24)12-22-8-10-23(11-9-22)13-17-20-18(21-26-17)14-4-6-15(25-2)7-5-14/h4-7H,3,8-13H2,1-2H3,(H,19,24). The predicted molar refractivity (Wildman–Crippen MR) is 96.7 cm³/mol. The predicted octanol–water partition coefficient (Wildman–Crippen LogP) is 0.999. The van der Waals surface area contributed by atoms with Gasteiger partial charge in [0.1, 0.15) is 5.75 Å². The third-order valence-electron chi connectivity index (χ3n) is 4.38. The maximum atomic E-state index is 11.7. The van der Waals surface area contributed by atoms with Crippen molar-refractivity contribution in [1.82, 2.24) is 25.3 Å². The number of likely N-dealkylation sites (N-methyl/N-ethyl adjacent to an activating group) is 1. The summed E-state index contributed by atoms with van der Waals surface area (Å²) < 4.78 is 10.5. The Morgan fingerprint density at radius 2 is 1.88 bits per heavy atom. The first-order valence-electron chi connectivity index (χ1n) is 8.86. The molecule has 2 heterocycles. The highest BCUT2D eigenvalue weighted by molar-refractivity contribution is 5.77. The molecule has 2 aromatic rings. The third kappa shape index (κ3) is 4.80. The van der Waals surface area contributed by atoms with Gasteiger partial charge in [0, 0.05) is 38.3 Å². The summed E-state index contributed by atoms with van der Waals surface area (Å²) in [6.45, 7) is 7.15. The van der Waals surface area contributed by atoms with Crippen LogP contribution in [-0.2, 0) is 11.3 Å². The summed E-state index contributed by atoms with van der Waals surface area (Å²) >= 11 is 0. The summed E-state index contributed by atoms with van der Waals surface area (Å²) in [5.74, 6) is 2.07. The Bertz CT molecular complexity index is 708. The molecule has 0 bridgehead atoms. The van der Waals surface area contributed by atoms with E-state index in [1.165, 1.54) is 0 Å². The number of carbonyl (C=O) groups is 1. The zero-order valence-electron chi connectivity index (χ0n) is 15.3. The van der Waals surface area contributed by atoms with Crippen LogP contribution in [0, 0.1) is 0 Å². The normalized spacial score (nSPS) is 15.8. The molecule has 1 N–H and O–H groups in total. The number of benzene rings is 1. The molecule has 0 unspecified atom stereocenters. The molecule has 3 rings (SSSR count). The summed E-state index contributed by atoms with van der Waals surface area (Å²) in [5, 5.41) is 6.90. The van der Waals surface area contributed by atoms with Gasteiger partial charge in [-0.05, 0) is 31.2 Å². The number of amides is 1. The second kappa shape index (κ2) is 8.77. The highest BCUT2D eigenvalue weighted by Gasteiger charge is 2.20. The molecule has 1 aliphatic rings. The number of methoxy groups -OCH3 is 1. The molecule has 8 heteroatoms. The fraction of sp³-hybridized carbons (Fsp3) is 0.500. The summed E-state index contributed by atoms with van der Waals surface area (Å²) in [6, 6.07) is 7.57. The number of aromatic nitrogens is 2. The van der Waals surface area contributed by atoms with Gasteiger partial charge in [-0.25, -0.2) is 0 Å². The van der Waals surface area contributed by atoms with Crippen LogP contribution in [-0.4, -0.2) is 72.2 Å². The van der Waals surface area contributed by atoms with Crippen molar-refractivity contribution < 1.29 is 14.1 Å². The highest BCUT2D eigenvalue weighted by Crippen LogP contribution is 2.20. The van der Waals surface area contributed by atoms with Gasteiger partial charge in [-0.1, -0.05) is 5.16 Å². The fourth-order valence-electron chi connectivity index (χ4n) is 2.93. The molecule has 1 fully saturated rings. The lowest BCUT2D eigenvalue weighted by molar-refractivity contribution is -0.122. The van der Waals surface area contributed by atoms with Crippen LogP contribution in [0.2, 0.25) is 0 Å². The molecule has 1 aromatic carbocycles. The first-order valence-corrected chi connectivity index (χ1v) is 8.86. The minimum Gasteiger partial charge on any atom is -0.497 e. The number of carbonyl (C=O) groups excluding carboxylic acids is 1. The molecule has 0 spiro atoms. The molecular weight excluding hydrogens is 334 g/mol. The van der Waals surface area contributed by atoms with Crippen molar-refractivity contribution in [2.75, 3.05) is 46.4 Å². The van der Waals surface area contributed by atoms with E-state index >= 15 is 0 Å². The van der Waals surface area contributed by atoms with E-state index in [4.69, 9.17) is 9.26 Å². The van der Waals surface area contributed by atoms with E-state index in [1.807, 2.05) is 31.2 Å². The summed E-state index contributed by atoms with van der Waals surface area (Å²) in [6.07, 6.45) is 0. The number of piperazine rings is 1. The maximum Gasteiger partial charge on any atom is 0.241 e. The van der Waals surface area contributed by atoms with Crippen LogP contribution >= 0.6 is 0 Å². The average Bonchev–Trinajstić information content (AvgIpc) is 3.12. The van der Waals surface area contributed by atoms with Crippen LogP contribution in [0.4, 0.5) is 0 Å². The lowest BCUT2D eigenvalue weighted by Gasteiger charge is -2.33. The van der Waals surface area contributed by atoms with Gasteiger partial charge >= 0.3 is 0 Å². The monoisotopic (exact) mass is 359 g/mol. The number of ether oxygens (including phenoxy) is 1. The topological polar surface area (TPSA) is 83.7 Å². The molecule has 0 saturated carbocycles. The van der Waals surface area contributed by atoms with E-state index in [-0.39, 0.29) is 5.91 Å². The molecule has 1 aliphatic heterocycles. The second-order valence-electron chi connectivity index (χ2n) is 6.25. The molecular formula is C18H25N5O3. The maximum absolute atomic E-state index is 11.7. The summed E-state index contributed by atoms with van der Waals surface area (Å²) in [7, 11) is 1.64. The molecule has 0 aliphatic carbocycles.